The summed E-state index contributed by atoms with van der Waals surface area (Å²) in [6.07, 6.45) is 4.85. The van der Waals surface area contributed by atoms with E-state index in [1.807, 2.05) is 0 Å². The second-order valence-electron chi connectivity index (χ2n) is 7.21. The number of hydrogen-bond donors (Lipinski definition) is 2. The number of anilines is 1. The van der Waals surface area contributed by atoms with E-state index in [1.165, 1.54) is 38.9 Å². The lowest BCUT2D eigenvalue weighted by molar-refractivity contribution is -0.136. The first-order valence-corrected chi connectivity index (χ1v) is 11.5. The van der Waals surface area contributed by atoms with E-state index >= 15 is 0 Å². The number of hydrazone groups is 1. The van der Waals surface area contributed by atoms with Crippen molar-refractivity contribution in [1.29, 1.82) is 0 Å². The standard InChI is InChI=1S/C23H27N3O7S/c1-5-33-23(29)17-14-8-6-7-9-16(14)34-22(17)25-20(27)21(28)26-24-12-13-10-11-15(30-2)19(32-4)18(13)31-3/h10-12H,5-9H2,1-4H3,(H,25,27)(H,26,28)/b24-12-. The third-order valence-electron chi connectivity index (χ3n) is 5.19. The first kappa shape index (κ1) is 25.0. The lowest BCUT2D eigenvalue weighted by Gasteiger charge is -2.13. The first-order chi connectivity index (χ1) is 16.4. The number of esters is 1. The molecule has 0 bridgehead atoms. The van der Waals surface area contributed by atoms with Crippen LogP contribution < -0.4 is 25.0 Å². The minimum Gasteiger partial charge on any atom is -0.493 e. The number of carbonyl (C=O) groups is 3. The number of hydrogen-bond acceptors (Lipinski definition) is 9. The maximum absolute atomic E-state index is 12.5. The van der Waals surface area contributed by atoms with Gasteiger partial charge in [0, 0.05) is 10.4 Å². The van der Waals surface area contributed by atoms with Crippen LogP contribution in [0.15, 0.2) is 17.2 Å². The van der Waals surface area contributed by atoms with Crippen LogP contribution >= 0.6 is 11.3 Å². The molecule has 0 saturated carbocycles. The van der Waals surface area contributed by atoms with Gasteiger partial charge < -0.3 is 24.3 Å². The average Bonchev–Trinajstić information content (AvgIpc) is 3.21. The number of aryl methyl sites for hydroxylation is 1. The summed E-state index contributed by atoms with van der Waals surface area (Å²) in [5.74, 6) is -1.25. The maximum atomic E-state index is 12.5. The predicted octanol–water partition coefficient (Wildman–Crippen LogP) is 2.92. The Balaban J connectivity index is 1.73. The Kier molecular flexibility index (Phi) is 8.47. The molecule has 10 nitrogen and oxygen atoms in total. The molecule has 34 heavy (non-hydrogen) atoms. The van der Waals surface area contributed by atoms with E-state index in [0.717, 1.165) is 36.1 Å². The van der Waals surface area contributed by atoms with Crippen molar-refractivity contribution in [2.24, 2.45) is 5.10 Å². The van der Waals surface area contributed by atoms with Crippen LogP contribution in [-0.4, -0.2) is 51.9 Å². The molecule has 0 saturated heterocycles. The number of amides is 2. The highest BCUT2D eigenvalue weighted by Crippen LogP contribution is 2.39. The third kappa shape index (κ3) is 5.30. The molecule has 0 fully saturated rings. The SMILES string of the molecule is CCOC(=O)c1c(NC(=O)C(=O)N/N=C\c2ccc(OC)c(OC)c2OC)sc2c1CCCC2. The summed E-state index contributed by atoms with van der Waals surface area (Å²) < 4.78 is 21.1. The van der Waals surface area contributed by atoms with Crippen LogP contribution in [0, 0.1) is 0 Å². The zero-order valence-electron chi connectivity index (χ0n) is 19.5. The number of nitrogens with zero attached hydrogens (tertiary/aromatic N) is 1. The Bertz CT molecular complexity index is 1110. The molecule has 2 N–H and O–H groups in total. The van der Waals surface area contributed by atoms with Gasteiger partial charge in [0.25, 0.3) is 0 Å². The molecule has 11 heteroatoms. The summed E-state index contributed by atoms with van der Waals surface area (Å²) in [7, 11) is 4.43. The molecule has 0 unspecified atom stereocenters. The van der Waals surface area contributed by atoms with Crippen molar-refractivity contribution < 1.29 is 33.3 Å². The van der Waals surface area contributed by atoms with Crippen molar-refractivity contribution >= 4 is 40.3 Å². The lowest BCUT2D eigenvalue weighted by atomic mass is 9.95. The predicted molar refractivity (Wildman–Crippen MR) is 127 cm³/mol. The smallest absolute Gasteiger partial charge is 0.341 e. The molecule has 0 spiro atoms. The minimum absolute atomic E-state index is 0.214. The Morgan fingerprint density at radius 2 is 1.76 bits per heavy atom. The van der Waals surface area contributed by atoms with Crippen LogP contribution in [0.4, 0.5) is 5.00 Å². The number of thiophene rings is 1. The van der Waals surface area contributed by atoms with Gasteiger partial charge in [0.05, 0.1) is 39.7 Å². The first-order valence-electron chi connectivity index (χ1n) is 10.7. The number of fused-ring (bicyclic) bond motifs is 1. The number of benzene rings is 1. The Hall–Kier alpha value is -3.60. The van der Waals surface area contributed by atoms with Gasteiger partial charge in [-0.3, -0.25) is 9.59 Å². The Labute approximate surface area is 201 Å². The van der Waals surface area contributed by atoms with Crippen molar-refractivity contribution in [3.05, 3.63) is 33.7 Å². The fourth-order valence-corrected chi connectivity index (χ4v) is 4.94. The zero-order chi connectivity index (χ0) is 24.7. The summed E-state index contributed by atoms with van der Waals surface area (Å²) in [5.41, 5.74) is 3.91. The highest BCUT2D eigenvalue weighted by molar-refractivity contribution is 7.17. The number of ether oxygens (including phenoxy) is 4. The minimum atomic E-state index is -0.989. The number of nitrogens with one attached hydrogen (secondary N) is 2. The highest BCUT2D eigenvalue weighted by Gasteiger charge is 2.28. The number of methoxy groups -OCH3 is 3. The van der Waals surface area contributed by atoms with Gasteiger partial charge in [-0.15, -0.1) is 11.3 Å². The van der Waals surface area contributed by atoms with Crippen LogP contribution in [0.1, 0.15) is 46.1 Å². The van der Waals surface area contributed by atoms with Gasteiger partial charge in [0.15, 0.2) is 11.5 Å². The van der Waals surface area contributed by atoms with Gasteiger partial charge in [-0.2, -0.15) is 5.10 Å². The molecule has 2 amide bonds. The number of carbonyl (C=O) groups excluding carboxylic acids is 3. The highest BCUT2D eigenvalue weighted by atomic mass is 32.1. The van der Waals surface area contributed by atoms with Gasteiger partial charge >= 0.3 is 17.8 Å². The van der Waals surface area contributed by atoms with Crippen LogP contribution in [0.25, 0.3) is 0 Å². The van der Waals surface area contributed by atoms with Crippen molar-refractivity contribution in [3.63, 3.8) is 0 Å². The van der Waals surface area contributed by atoms with Crippen molar-refractivity contribution in [2.45, 2.75) is 32.6 Å². The normalized spacial score (nSPS) is 12.6. The summed E-state index contributed by atoms with van der Waals surface area (Å²) in [6, 6.07) is 3.32. The molecule has 3 rings (SSSR count). The second kappa shape index (κ2) is 11.5. The second-order valence-corrected chi connectivity index (χ2v) is 8.32. The van der Waals surface area contributed by atoms with Gasteiger partial charge in [-0.25, -0.2) is 10.2 Å². The fourth-order valence-electron chi connectivity index (χ4n) is 3.67. The summed E-state index contributed by atoms with van der Waals surface area (Å²) in [5, 5.41) is 6.70. The van der Waals surface area contributed by atoms with Gasteiger partial charge in [0.1, 0.15) is 5.00 Å². The van der Waals surface area contributed by atoms with E-state index in [4.69, 9.17) is 18.9 Å². The molecule has 1 aromatic heterocycles. The van der Waals surface area contributed by atoms with Crippen LogP contribution in [-0.2, 0) is 27.2 Å². The molecule has 1 aliphatic carbocycles. The number of rotatable bonds is 8. The molecule has 0 atom stereocenters. The van der Waals surface area contributed by atoms with E-state index in [9.17, 15) is 14.4 Å². The summed E-state index contributed by atoms with van der Waals surface area (Å²) in [6.45, 7) is 1.93. The van der Waals surface area contributed by atoms with Crippen molar-refractivity contribution in [1.82, 2.24) is 5.43 Å². The molecule has 1 aromatic carbocycles. The molecule has 1 heterocycles. The van der Waals surface area contributed by atoms with Crippen LogP contribution in [0.3, 0.4) is 0 Å². The van der Waals surface area contributed by atoms with Crippen LogP contribution in [0.2, 0.25) is 0 Å². The monoisotopic (exact) mass is 489 g/mol. The van der Waals surface area contributed by atoms with Gasteiger partial charge in [-0.1, -0.05) is 0 Å². The fraction of sp³-hybridized carbons (Fsp3) is 0.391. The molecular weight excluding hydrogens is 462 g/mol. The molecular formula is C23H27N3O7S. The van der Waals surface area contributed by atoms with Gasteiger partial charge in [-0.05, 0) is 50.3 Å². The summed E-state index contributed by atoms with van der Waals surface area (Å²) >= 11 is 1.30. The van der Waals surface area contributed by atoms with E-state index < -0.39 is 17.8 Å². The van der Waals surface area contributed by atoms with E-state index in [0.29, 0.717) is 33.4 Å². The largest absolute Gasteiger partial charge is 0.493 e. The summed E-state index contributed by atoms with van der Waals surface area (Å²) in [4.78, 5) is 38.4. The average molecular weight is 490 g/mol. The lowest BCUT2D eigenvalue weighted by Crippen LogP contribution is -2.32. The molecule has 0 aliphatic heterocycles. The zero-order valence-corrected chi connectivity index (χ0v) is 20.3. The molecule has 182 valence electrons. The molecule has 2 aromatic rings. The van der Waals surface area contributed by atoms with E-state index in [1.54, 1.807) is 19.1 Å². The maximum Gasteiger partial charge on any atom is 0.341 e. The molecule has 0 radical (unpaired) electrons. The van der Waals surface area contributed by atoms with E-state index in [-0.39, 0.29) is 6.61 Å². The van der Waals surface area contributed by atoms with Crippen LogP contribution in [0.5, 0.6) is 17.2 Å². The Morgan fingerprint density at radius 3 is 2.44 bits per heavy atom. The van der Waals surface area contributed by atoms with Crippen molar-refractivity contribution in [2.75, 3.05) is 33.3 Å². The Morgan fingerprint density at radius 1 is 1.03 bits per heavy atom. The third-order valence-corrected chi connectivity index (χ3v) is 6.40. The topological polar surface area (TPSA) is 125 Å². The van der Waals surface area contributed by atoms with Gasteiger partial charge in [0.2, 0.25) is 5.75 Å². The molecule has 1 aliphatic rings. The van der Waals surface area contributed by atoms with Crippen molar-refractivity contribution in [3.8, 4) is 17.2 Å². The quantitative estimate of drug-likeness (QED) is 0.253. The van der Waals surface area contributed by atoms with E-state index in [2.05, 4.69) is 15.8 Å².